The molecular formula is C17H30O2. The zero-order valence-corrected chi connectivity index (χ0v) is 13.1. The summed E-state index contributed by atoms with van der Waals surface area (Å²) in [5.74, 6) is 0.563. The molecule has 0 bridgehead atoms. The minimum Gasteiger partial charge on any atom is -0.367 e. The highest BCUT2D eigenvalue weighted by molar-refractivity contribution is 5.02. The van der Waals surface area contributed by atoms with Gasteiger partial charge >= 0.3 is 0 Å². The van der Waals surface area contributed by atoms with Gasteiger partial charge in [0.1, 0.15) is 0 Å². The fourth-order valence-corrected chi connectivity index (χ4v) is 2.78. The summed E-state index contributed by atoms with van der Waals surface area (Å²) < 4.78 is 5.96. The predicted molar refractivity (Wildman–Crippen MR) is 80.8 cm³/mol. The molecule has 0 amide bonds. The molecule has 0 saturated heterocycles. The lowest BCUT2D eigenvalue weighted by molar-refractivity contribution is -0.193. The summed E-state index contributed by atoms with van der Waals surface area (Å²) in [6.45, 7) is 14.6. The minimum absolute atomic E-state index is 0.0333. The largest absolute Gasteiger partial charge is 0.367 e. The summed E-state index contributed by atoms with van der Waals surface area (Å²) in [6, 6.07) is 0. The molecule has 1 rings (SSSR count). The van der Waals surface area contributed by atoms with Gasteiger partial charge in [0.25, 0.3) is 0 Å². The van der Waals surface area contributed by atoms with Crippen molar-refractivity contribution in [3.8, 4) is 0 Å². The van der Waals surface area contributed by atoms with Crippen molar-refractivity contribution in [1.82, 2.24) is 0 Å². The molecule has 0 heterocycles. The summed E-state index contributed by atoms with van der Waals surface area (Å²) >= 11 is 0. The smallest absolute Gasteiger partial charge is 0.160 e. The van der Waals surface area contributed by atoms with Crippen LogP contribution in [0.25, 0.3) is 0 Å². The molecular weight excluding hydrogens is 236 g/mol. The van der Waals surface area contributed by atoms with E-state index in [0.29, 0.717) is 5.92 Å². The van der Waals surface area contributed by atoms with Crippen LogP contribution in [0.2, 0.25) is 0 Å². The van der Waals surface area contributed by atoms with Gasteiger partial charge in [0.05, 0.1) is 6.10 Å². The number of ether oxygens (including phenoxy) is 1. The summed E-state index contributed by atoms with van der Waals surface area (Å²) in [7, 11) is 0. The van der Waals surface area contributed by atoms with Crippen LogP contribution in [0.5, 0.6) is 0 Å². The maximum absolute atomic E-state index is 10.2. The summed E-state index contributed by atoms with van der Waals surface area (Å²) in [5, 5.41) is 10.2. The van der Waals surface area contributed by atoms with Gasteiger partial charge in [0.15, 0.2) is 6.29 Å². The SMILES string of the molecule is C=C(C)C1CCC(C)(C)C(OC(O)C(C)C=CC)C1. The van der Waals surface area contributed by atoms with Gasteiger partial charge in [0.2, 0.25) is 0 Å². The average molecular weight is 266 g/mol. The summed E-state index contributed by atoms with van der Waals surface area (Å²) in [5.41, 5.74) is 1.36. The van der Waals surface area contributed by atoms with Crippen molar-refractivity contribution in [3.05, 3.63) is 24.3 Å². The highest BCUT2D eigenvalue weighted by Crippen LogP contribution is 2.42. The normalized spacial score (nSPS) is 30.2. The van der Waals surface area contributed by atoms with E-state index in [9.17, 15) is 5.11 Å². The molecule has 2 heteroatoms. The molecule has 1 aliphatic carbocycles. The maximum atomic E-state index is 10.2. The molecule has 0 aromatic carbocycles. The van der Waals surface area contributed by atoms with Crippen LogP contribution in [0.15, 0.2) is 24.3 Å². The van der Waals surface area contributed by atoms with Crippen LogP contribution in [-0.2, 0) is 4.74 Å². The second-order valence-electron chi connectivity index (χ2n) is 6.71. The predicted octanol–water partition coefficient (Wildman–Crippen LogP) is 4.30. The van der Waals surface area contributed by atoms with Gasteiger partial charge in [-0.05, 0) is 44.4 Å². The van der Waals surface area contributed by atoms with Crippen molar-refractivity contribution in [2.75, 3.05) is 0 Å². The molecule has 0 radical (unpaired) electrons. The minimum atomic E-state index is -0.718. The Hall–Kier alpha value is -0.600. The first-order chi connectivity index (χ1) is 8.77. The molecule has 19 heavy (non-hydrogen) atoms. The third-order valence-corrected chi connectivity index (χ3v) is 4.45. The van der Waals surface area contributed by atoms with Crippen LogP contribution in [-0.4, -0.2) is 17.5 Å². The summed E-state index contributed by atoms with van der Waals surface area (Å²) in [6.07, 6.45) is 6.61. The average Bonchev–Trinajstić information content (AvgIpc) is 2.31. The highest BCUT2D eigenvalue weighted by atomic mass is 16.6. The van der Waals surface area contributed by atoms with Crippen LogP contribution >= 0.6 is 0 Å². The molecule has 0 spiro atoms. The van der Waals surface area contributed by atoms with E-state index in [2.05, 4.69) is 27.4 Å². The zero-order chi connectivity index (χ0) is 14.6. The van der Waals surface area contributed by atoms with Crippen molar-refractivity contribution in [2.24, 2.45) is 17.3 Å². The highest BCUT2D eigenvalue weighted by Gasteiger charge is 2.38. The Labute approximate surface area is 118 Å². The van der Waals surface area contributed by atoms with E-state index >= 15 is 0 Å². The van der Waals surface area contributed by atoms with Gasteiger partial charge in [-0.2, -0.15) is 0 Å². The lowest BCUT2D eigenvalue weighted by atomic mass is 9.69. The van der Waals surface area contributed by atoms with E-state index in [-0.39, 0.29) is 17.4 Å². The first kappa shape index (κ1) is 16.5. The van der Waals surface area contributed by atoms with Crippen LogP contribution in [0.4, 0.5) is 0 Å². The Morgan fingerprint density at radius 2 is 2.11 bits per heavy atom. The molecule has 0 aromatic heterocycles. The first-order valence-electron chi connectivity index (χ1n) is 7.39. The monoisotopic (exact) mass is 266 g/mol. The van der Waals surface area contributed by atoms with E-state index in [0.717, 1.165) is 12.8 Å². The number of aliphatic hydroxyl groups excluding tert-OH is 1. The summed E-state index contributed by atoms with van der Waals surface area (Å²) in [4.78, 5) is 0. The molecule has 2 nitrogen and oxygen atoms in total. The van der Waals surface area contributed by atoms with Crippen molar-refractivity contribution < 1.29 is 9.84 Å². The van der Waals surface area contributed by atoms with E-state index in [1.54, 1.807) is 0 Å². The van der Waals surface area contributed by atoms with Crippen LogP contribution < -0.4 is 0 Å². The van der Waals surface area contributed by atoms with Gasteiger partial charge in [0, 0.05) is 5.92 Å². The van der Waals surface area contributed by atoms with Crippen molar-refractivity contribution in [2.45, 2.75) is 66.3 Å². The van der Waals surface area contributed by atoms with Crippen molar-refractivity contribution >= 4 is 0 Å². The zero-order valence-electron chi connectivity index (χ0n) is 13.1. The lowest BCUT2D eigenvalue weighted by Gasteiger charge is -2.43. The fraction of sp³-hybridized carbons (Fsp3) is 0.765. The van der Waals surface area contributed by atoms with E-state index in [4.69, 9.17) is 4.74 Å². The molecule has 1 aliphatic rings. The van der Waals surface area contributed by atoms with Crippen LogP contribution in [0.3, 0.4) is 0 Å². The third kappa shape index (κ3) is 4.47. The van der Waals surface area contributed by atoms with Crippen LogP contribution in [0.1, 0.15) is 53.9 Å². The number of allylic oxidation sites excluding steroid dienone is 2. The quantitative estimate of drug-likeness (QED) is 0.593. The van der Waals surface area contributed by atoms with E-state index in [1.165, 1.54) is 12.0 Å². The molecule has 4 atom stereocenters. The van der Waals surface area contributed by atoms with E-state index < -0.39 is 6.29 Å². The lowest BCUT2D eigenvalue weighted by Crippen LogP contribution is -2.42. The standard InChI is InChI=1S/C17H30O2/c1-7-8-13(4)16(18)19-15-11-14(12(2)3)9-10-17(15,5)6/h7-8,13-16,18H,2,9-11H2,1,3-6H3. The number of hydrogen-bond acceptors (Lipinski definition) is 2. The third-order valence-electron chi connectivity index (χ3n) is 4.45. The van der Waals surface area contributed by atoms with Gasteiger partial charge in [-0.25, -0.2) is 0 Å². The molecule has 110 valence electrons. The maximum Gasteiger partial charge on any atom is 0.160 e. The van der Waals surface area contributed by atoms with Gasteiger partial charge in [-0.3, -0.25) is 0 Å². The van der Waals surface area contributed by atoms with Crippen LogP contribution in [0, 0.1) is 17.3 Å². The van der Waals surface area contributed by atoms with Gasteiger partial charge < -0.3 is 9.84 Å². The van der Waals surface area contributed by atoms with Gasteiger partial charge in [-0.15, -0.1) is 0 Å². The Morgan fingerprint density at radius 3 is 2.63 bits per heavy atom. The number of rotatable bonds is 5. The molecule has 1 saturated carbocycles. The Balaban J connectivity index is 2.69. The molecule has 4 unspecified atom stereocenters. The van der Waals surface area contributed by atoms with Gasteiger partial charge in [-0.1, -0.05) is 45.1 Å². The van der Waals surface area contributed by atoms with Crippen molar-refractivity contribution in [1.29, 1.82) is 0 Å². The molecule has 0 aliphatic heterocycles. The fourth-order valence-electron chi connectivity index (χ4n) is 2.78. The Kier molecular flexibility index (Phi) is 5.82. The first-order valence-corrected chi connectivity index (χ1v) is 7.39. The topological polar surface area (TPSA) is 29.5 Å². The molecule has 1 fully saturated rings. The Morgan fingerprint density at radius 1 is 1.47 bits per heavy atom. The second kappa shape index (κ2) is 6.71. The van der Waals surface area contributed by atoms with Crippen molar-refractivity contribution in [3.63, 3.8) is 0 Å². The number of hydrogen-bond donors (Lipinski definition) is 1. The van der Waals surface area contributed by atoms with E-state index in [1.807, 2.05) is 26.0 Å². The second-order valence-corrected chi connectivity index (χ2v) is 6.71. The Bertz CT molecular complexity index is 330. The molecule has 1 N–H and O–H groups in total. The molecule has 0 aromatic rings. The number of aliphatic hydroxyl groups is 1.